The molecule has 0 heterocycles. The molecule has 0 saturated carbocycles. The molecule has 0 bridgehead atoms. The summed E-state index contributed by atoms with van der Waals surface area (Å²) >= 11 is 5.78. The fourth-order valence-corrected chi connectivity index (χ4v) is 1.36. The van der Waals surface area contributed by atoms with E-state index in [1.165, 1.54) is 13.0 Å². The summed E-state index contributed by atoms with van der Waals surface area (Å²) in [5.74, 6) is -0.762. The van der Waals surface area contributed by atoms with Gasteiger partial charge in [0.25, 0.3) is 0 Å². The molecule has 0 radical (unpaired) electrons. The average molecular weight is 242 g/mol. The van der Waals surface area contributed by atoms with Crippen LogP contribution < -0.4 is 5.32 Å². The van der Waals surface area contributed by atoms with Gasteiger partial charge in [-0.25, -0.2) is 4.79 Å². The lowest BCUT2D eigenvalue weighted by atomic mass is 10.2. The molecule has 0 aromatic heterocycles. The number of benzene rings is 1. The maximum absolute atomic E-state index is 11.6. The zero-order chi connectivity index (χ0) is 12.1. The normalized spacial score (nSPS) is 9.69. The van der Waals surface area contributed by atoms with Crippen LogP contribution in [0.2, 0.25) is 5.02 Å². The third-order valence-corrected chi connectivity index (χ3v) is 2.02. The largest absolute Gasteiger partial charge is 0.462 e. The fourth-order valence-electron chi connectivity index (χ4n) is 1.19. The molecule has 0 saturated heterocycles. The van der Waals surface area contributed by atoms with Crippen molar-refractivity contribution < 1.29 is 14.3 Å². The number of anilines is 1. The Balaban J connectivity index is 3.07. The standard InChI is InChI=1S/C11H12ClNO3/c1-3-16-11(15)9-6-8(12)4-5-10(9)13-7(2)14/h4-6H,3H2,1-2H3,(H,13,14). The SMILES string of the molecule is CCOC(=O)c1cc(Cl)ccc1NC(C)=O. The van der Waals surface area contributed by atoms with E-state index in [1.807, 2.05) is 0 Å². The molecule has 1 aromatic carbocycles. The zero-order valence-electron chi connectivity index (χ0n) is 9.04. The molecular formula is C11H12ClNO3. The van der Waals surface area contributed by atoms with E-state index < -0.39 is 5.97 Å². The van der Waals surface area contributed by atoms with Gasteiger partial charge < -0.3 is 10.1 Å². The van der Waals surface area contributed by atoms with Crippen LogP contribution in [0.15, 0.2) is 18.2 Å². The van der Waals surface area contributed by atoms with E-state index in [4.69, 9.17) is 16.3 Å². The van der Waals surface area contributed by atoms with E-state index in [2.05, 4.69) is 5.32 Å². The third-order valence-electron chi connectivity index (χ3n) is 1.79. The summed E-state index contributed by atoms with van der Waals surface area (Å²) in [4.78, 5) is 22.5. The van der Waals surface area contributed by atoms with Crippen molar-refractivity contribution in [2.75, 3.05) is 11.9 Å². The maximum Gasteiger partial charge on any atom is 0.340 e. The molecule has 0 unspecified atom stereocenters. The number of nitrogens with one attached hydrogen (secondary N) is 1. The molecule has 1 amide bonds. The number of carbonyl (C=O) groups excluding carboxylic acids is 2. The van der Waals surface area contributed by atoms with Crippen LogP contribution in [0.3, 0.4) is 0 Å². The molecule has 0 atom stereocenters. The average Bonchev–Trinajstić information content (AvgIpc) is 2.20. The van der Waals surface area contributed by atoms with E-state index >= 15 is 0 Å². The van der Waals surface area contributed by atoms with Gasteiger partial charge in [0.05, 0.1) is 17.9 Å². The van der Waals surface area contributed by atoms with Crippen molar-refractivity contribution in [1.82, 2.24) is 0 Å². The molecule has 1 aromatic rings. The van der Waals surface area contributed by atoms with Crippen molar-refractivity contribution in [3.05, 3.63) is 28.8 Å². The highest BCUT2D eigenvalue weighted by molar-refractivity contribution is 6.31. The van der Waals surface area contributed by atoms with Gasteiger partial charge in [-0.1, -0.05) is 11.6 Å². The van der Waals surface area contributed by atoms with Crippen molar-refractivity contribution in [1.29, 1.82) is 0 Å². The van der Waals surface area contributed by atoms with Crippen molar-refractivity contribution in [3.63, 3.8) is 0 Å². The number of hydrogen-bond acceptors (Lipinski definition) is 3. The molecular weight excluding hydrogens is 230 g/mol. The van der Waals surface area contributed by atoms with Gasteiger partial charge in [0.1, 0.15) is 0 Å². The van der Waals surface area contributed by atoms with Gasteiger partial charge in [-0.15, -0.1) is 0 Å². The van der Waals surface area contributed by atoms with Crippen LogP contribution in [0, 0.1) is 0 Å². The number of halogens is 1. The second-order valence-corrected chi connectivity index (χ2v) is 3.53. The van der Waals surface area contributed by atoms with Crippen LogP contribution in [0.5, 0.6) is 0 Å². The Hall–Kier alpha value is -1.55. The number of rotatable bonds is 3. The highest BCUT2D eigenvalue weighted by Gasteiger charge is 2.13. The Morgan fingerprint density at radius 3 is 2.69 bits per heavy atom. The summed E-state index contributed by atoms with van der Waals surface area (Å²) in [7, 11) is 0. The molecule has 0 spiro atoms. The number of ether oxygens (including phenoxy) is 1. The van der Waals surface area contributed by atoms with Crippen molar-refractivity contribution in [2.45, 2.75) is 13.8 Å². The van der Waals surface area contributed by atoms with Crippen LogP contribution in [0.25, 0.3) is 0 Å². The molecule has 5 heteroatoms. The van der Waals surface area contributed by atoms with Crippen molar-refractivity contribution >= 4 is 29.2 Å². The summed E-state index contributed by atoms with van der Waals surface area (Å²) in [5, 5.41) is 2.96. The van der Waals surface area contributed by atoms with Crippen LogP contribution in [-0.4, -0.2) is 18.5 Å². The third kappa shape index (κ3) is 3.24. The van der Waals surface area contributed by atoms with Crippen LogP contribution in [0.1, 0.15) is 24.2 Å². The number of amides is 1. The second kappa shape index (κ2) is 5.51. The number of hydrogen-bond donors (Lipinski definition) is 1. The van der Waals surface area contributed by atoms with E-state index in [-0.39, 0.29) is 18.1 Å². The molecule has 0 fully saturated rings. The second-order valence-electron chi connectivity index (χ2n) is 3.09. The van der Waals surface area contributed by atoms with Gasteiger partial charge in [0, 0.05) is 11.9 Å². The highest BCUT2D eigenvalue weighted by atomic mass is 35.5. The van der Waals surface area contributed by atoms with Crippen molar-refractivity contribution in [3.8, 4) is 0 Å². The minimum atomic E-state index is -0.506. The van der Waals surface area contributed by atoms with Crippen molar-refractivity contribution in [2.24, 2.45) is 0 Å². The summed E-state index contributed by atoms with van der Waals surface area (Å²) in [6.07, 6.45) is 0. The van der Waals surface area contributed by atoms with Crippen LogP contribution in [0.4, 0.5) is 5.69 Å². The monoisotopic (exact) mass is 241 g/mol. The van der Waals surface area contributed by atoms with E-state index in [1.54, 1.807) is 19.1 Å². The summed E-state index contributed by atoms with van der Waals surface area (Å²) in [6.45, 7) is 3.34. The Labute approximate surface area is 98.5 Å². The van der Waals surface area contributed by atoms with Gasteiger partial charge in [0.2, 0.25) is 5.91 Å². The fraction of sp³-hybridized carbons (Fsp3) is 0.273. The first-order valence-electron chi connectivity index (χ1n) is 4.79. The van der Waals surface area contributed by atoms with Gasteiger partial charge in [-0.2, -0.15) is 0 Å². The zero-order valence-corrected chi connectivity index (χ0v) is 9.80. The summed E-state index contributed by atoms with van der Waals surface area (Å²) in [6, 6.07) is 4.62. The number of esters is 1. The quantitative estimate of drug-likeness (QED) is 0.827. The molecule has 16 heavy (non-hydrogen) atoms. The van der Waals surface area contributed by atoms with E-state index in [0.29, 0.717) is 10.7 Å². The first-order valence-corrected chi connectivity index (χ1v) is 5.16. The maximum atomic E-state index is 11.6. The van der Waals surface area contributed by atoms with Gasteiger partial charge >= 0.3 is 5.97 Å². The van der Waals surface area contributed by atoms with Crippen LogP contribution >= 0.6 is 11.6 Å². The van der Waals surface area contributed by atoms with E-state index in [9.17, 15) is 9.59 Å². The first-order chi connectivity index (χ1) is 7.54. The van der Waals surface area contributed by atoms with Crippen LogP contribution in [-0.2, 0) is 9.53 Å². The van der Waals surface area contributed by atoms with Gasteiger partial charge in [-0.3, -0.25) is 4.79 Å². The first kappa shape index (κ1) is 12.5. The Morgan fingerprint density at radius 2 is 2.12 bits per heavy atom. The number of carbonyl (C=O) groups is 2. The smallest absolute Gasteiger partial charge is 0.340 e. The lowest BCUT2D eigenvalue weighted by molar-refractivity contribution is -0.114. The molecule has 1 rings (SSSR count). The summed E-state index contributed by atoms with van der Waals surface area (Å²) < 4.78 is 4.86. The van der Waals surface area contributed by atoms with E-state index in [0.717, 1.165) is 0 Å². The Bertz CT molecular complexity index is 418. The predicted molar refractivity (Wildman–Crippen MR) is 61.7 cm³/mol. The molecule has 0 aliphatic carbocycles. The topological polar surface area (TPSA) is 55.4 Å². The molecule has 1 N–H and O–H groups in total. The lowest BCUT2D eigenvalue weighted by Crippen LogP contribution is -2.12. The summed E-state index contributed by atoms with van der Waals surface area (Å²) in [5.41, 5.74) is 0.653. The Morgan fingerprint density at radius 1 is 1.44 bits per heavy atom. The highest BCUT2D eigenvalue weighted by Crippen LogP contribution is 2.21. The minimum Gasteiger partial charge on any atom is -0.462 e. The predicted octanol–water partition coefficient (Wildman–Crippen LogP) is 2.48. The molecule has 86 valence electrons. The van der Waals surface area contributed by atoms with Gasteiger partial charge in [0.15, 0.2) is 0 Å². The lowest BCUT2D eigenvalue weighted by Gasteiger charge is -2.09. The molecule has 0 aliphatic heterocycles. The van der Waals surface area contributed by atoms with Gasteiger partial charge in [-0.05, 0) is 25.1 Å². The Kier molecular flexibility index (Phi) is 4.31. The minimum absolute atomic E-state index is 0.254. The molecule has 0 aliphatic rings. The molecule has 4 nitrogen and oxygen atoms in total.